The first-order valence-corrected chi connectivity index (χ1v) is 10.5. The van der Waals surface area contributed by atoms with Crippen molar-refractivity contribution < 1.29 is 27.4 Å². The number of hydrogen-bond donors (Lipinski definition) is 1. The lowest BCUT2D eigenvalue weighted by atomic mass is 10.2. The molecule has 0 fully saturated rings. The van der Waals surface area contributed by atoms with E-state index >= 15 is 0 Å². The number of aromatic nitrogens is 3. The third kappa shape index (κ3) is 6.25. The van der Waals surface area contributed by atoms with Gasteiger partial charge < -0.3 is 14.8 Å². The number of nitrogens with zero attached hydrogens (tertiary/aromatic N) is 3. The Balaban J connectivity index is 1.90. The van der Waals surface area contributed by atoms with Crippen molar-refractivity contribution in [3.63, 3.8) is 0 Å². The number of rotatable bonds is 8. The second-order valence-electron chi connectivity index (χ2n) is 7.06. The van der Waals surface area contributed by atoms with E-state index in [1.54, 1.807) is 31.2 Å². The lowest BCUT2D eigenvalue weighted by molar-refractivity contribution is -0.189. The monoisotopic (exact) mass is 496 g/mol. The van der Waals surface area contributed by atoms with Gasteiger partial charge in [-0.05, 0) is 55.8 Å². The molecule has 1 N–H and O–H groups in total. The Bertz CT molecular complexity index is 1200. The maximum Gasteiger partial charge on any atom is 0.425 e. The number of carbonyl (C=O) groups excluding carboxylic acids is 1. The van der Waals surface area contributed by atoms with Crippen LogP contribution < -0.4 is 15.6 Å². The van der Waals surface area contributed by atoms with E-state index in [1.807, 2.05) is 0 Å². The summed E-state index contributed by atoms with van der Waals surface area (Å²) in [6.07, 6.45) is -6.47. The fraction of sp³-hybridized carbons (Fsp3) is 0.273. The number of hydrogen-bond acceptors (Lipinski definition) is 7. The number of anilines is 2. The van der Waals surface area contributed by atoms with E-state index in [4.69, 9.17) is 21.1 Å². The molecule has 0 saturated carbocycles. The van der Waals surface area contributed by atoms with E-state index in [9.17, 15) is 22.8 Å². The van der Waals surface area contributed by atoms with E-state index in [-0.39, 0.29) is 24.8 Å². The lowest BCUT2D eigenvalue weighted by Gasteiger charge is -2.18. The molecule has 1 aromatic heterocycles. The first-order valence-electron chi connectivity index (χ1n) is 10.1. The molecule has 3 rings (SSSR count). The van der Waals surface area contributed by atoms with Gasteiger partial charge in [0.1, 0.15) is 5.75 Å². The maximum absolute atomic E-state index is 13.0. The Morgan fingerprint density at radius 3 is 2.35 bits per heavy atom. The molecule has 0 bridgehead atoms. The zero-order chi connectivity index (χ0) is 24.9. The van der Waals surface area contributed by atoms with Crippen LogP contribution in [-0.2, 0) is 11.3 Å². The number of carbonyl (C=O) groups is 1. The van der Waals surface area contributed by atoms with Crippen molar-refractivity contribution in [2.45, 2.75) is 32.7 Å². The summed E-state index contributed by atoms with van der Waals surface area (Å²) in [4.78, 5) is 25.1. The van der Waals surface area contributed by atoms with Gasteiger partial charge in [-0.15, -0.1) is 10.2 Å². The van der Waals surface area contributed by atoms with Gasteiger partial charge in [0.2, 0.25) is 11.6 Å². The fourth-order valence-electron chi connectivity index (χ4n) is 2.77. The third-order valence-electron chi connectivity index (χ3n) is 4.56. The van der Waals surface area contributed by atoms with Gasteiger partial charge in [0.15, 0.2) is 6.10 Å². The molecule has 0 unspecified atom stereocenters. The highest BCUT2D eigenvalue weighted by Crippen LogP contribution is 2.26. The summed E-state index contributed by atoms with van der Waals surface area (Å²) in [7, 11) is 0. The molecule has 12 heteroatoms. The predicted molar refractivity (Wildman–Crippen MR) is 119 cm³/mol. The zero-order valence-corrected chi connectivity index (χ0v) is 18.9. The van der Waals surface area contributed by atoms with Gasteiger partial charge in [-0.25, -0.2) is 4.79 Å². The van der Waals surface area contributed by atoms with Crippen molar-refractivity contribution in [3.8, 4) is 5.75 Å². The second-order valence-corrected chi connectivity index (χ2v) is 7.50. The van der Waals surface area contributed by atoms with Crippen LogP contribution in [0.3, 0.4) is 0 Å². The van der Waals surface area contributed by atoms with Gasteiger partial charge in [0.05, 0.1) is 13.2 Å². The van der Waals surface area contributed by atoms with Gasteiger partial charge in [-0.3, -0.25) is 9.36 Å². The number of nitrogens with one attached hydrogen (secondary N) is 1. The normalized spacial score (nSPS) is 12.2. The molecular weight excluding hydrogens is 477 g/mol. The molecule has 180 valence electrons. The highest BCUT2D eigenvalue weighted by atomic mass is 35.5. The molecule has 1 heterocycles. The van der Waals surface area contributed by atoms with E-state index in [2.05, 4.69) is 15.5 Å². The molecule has 0 saturated heterocycles. The largest absolute Gasteiger partial charge is 0.481 e. The molecule has 0 spiro atoms. The van der Waals surface area contributed by atoms with Gasteiger partial charge in [0.25, 0.3) is 5.56 Å². The van der Waals surface area contributed by atoms with Crippen molar-refractivity contribution in [1.29, 1.82) is 0 Å². The van der Waals surface area contributed by atoms with Crippen LogP contribution in [0.25, 0.3) is 0 Å². The smallest absolute Gasteiger partial charge is 0.425 e. The summed E-state index contributed by atoms with van der Waals surface area (Å²) in [6.45, 7) is 2.59. The van der Waals surface area contributed by atoms with Gasteiger partial charge in [-0.1, -0.05) is 23.7 Å². The molecule has 0 radical (unpaired) electrons. The van der Waals surface area contributed by atoms with Crippen LogP contribution in [0.1, 0.15) is 29.9 Å². The first-order chi connectivity index (χ1) is 16.1. The minimum Gasteiger partial charge on any atom is -0.481 e. The number of ether oxygens (including phenoxy) is 2. The standard InChI is InChI=1S/C22H20ClF3N4O4/c1-3-33-20(32)18-19(31)30(12-14-4-6-15(23)7-5-14)21(29-28-18)27-16-8-10-17(11-9-16)34-13(2)22(24,25)26/h4-11,13H,3,12H2,1-2H3,(H,27,29)/t13-/m1/s1. The average molecular weight is 497 g/mol. The van der Waals surface area contributed by atoms with Crippen LogP contribution >= 0.6 is 11.6 Å². The number of benzene rings is 2. The van der Waals surface area contributed by atoms with E-state index in [0.717, 1.165) is 6.92 Å². The van der Waals surface area contributed by atoms with Gasteiger partial charge in [0, 0.05) is 10.7 Å². The average Bonchev–Trinajstić information content (AvgIpc) is 2.78. The Morgan fingerprint density at radius 2 is 1.76 bits per heavy atom. The van der Waals surface area contributed by atoms with Crippen molar-refractivity contribution in [1.82, 2.24) is 14.8 Å². The van der Waals surface area contributed by atoms with Crippen LogP contribution in [0.2, 0.25) is 5.02 Å². The summed E-state index contributed by atoms with van der Waals surface area (Å²) >= 11 is 5.92. The zero-order valence-electron chi connectivity index (χ0n) is 18.1. The topological polar surface area (TPSA) is 95.3 Å². The third-order valence-corrected chi connectivity index (χ3v) is 4.81. The van der Waals surface area contributed by atoms with Crippen molar-refractivity contribution in [2.75, 3.05) is 11.9 Å². The summed E-state index contributed by atoms with van der Waals surface area (Å²) in [5, 5.41) is 11.1. The number of esters is 1. The molecular formula is C22H20ClF3N4O4. The molecule has 3 aromatic rings. The molecule has 0 aliphatic heterocycles. The number of alkyl halides is 3. The molecule has 8 nitrogen and oxygen atoms in total. The predicted octanol–water partition coefficient (Wildman–Crippen LogP) is 4.59. The van der Waals surface area contributed by atoms with Crippen LogP contribution in [0, 0.1) is 0 Å². The Kier molecular flexibility index (Phi) is 7.77. The Morgan fingerprint density at radius 1 is 1.12 bits per heavy atom. The minimum atomic E-state index is -4.50. The lowest BCUT2D eigenvalue weighted by Crippen LogP contribution is -2.32. The number of halogens is 4. The van der Waals surface area contributed by atoms with E-state index in [0.29, 0.717) is 16.3 Å². The highest BCUT2D eigenvalue weighted by molar-refractivity contribution is 6.30. The fourth-order valence-corrected chi connectivity index (χ4v) is 2.90. The Labute approximate surface area is 197 Å². The van der Waals surface area contributed by atoms with Crippen molar-refractivity contribution >= 4 is 29.2 Å². The van der Waals surface area contributed by atoms with Crippen LogP contribution in [-0.4, -0.2) is 39.6 Å². The molecule has 0 amide bonds. The Hall–Kier alpha value is -3.60. The highest BCUT2D eigenvalue weighted by Gasteiger charge is 2.38. The SMILES string of the molecule is CCOC(=O)c1nnc(Nc2ccc(O[C@H](C)C(F)(F)F)cc2)n(Cc2ccc(Cl)cc2)c1=O. The van der Waals surface area contributed by atoms with E-state index < -0.39 is 29.5 Å². The second kappa shape index (κ2) is 10.6. The summed E-state index contributed by atoms with van der Waals surface area (Å²) in [5.74, 6) is -0.889. The van der Waals surface area contributed by atoms with Crippen LogP contribution in [0.15, 0.2) is 53.3 Å². The van der Waals surface area contributed by atoms with Gasteiger partial charge in [-0.2, -0.15) is 13.2 Å². The molecule has 2 aromatic carbocycles. The van der Waals surface area contributed by atoms with E-state index in [1.165, 1.54) is 28.8 Å². The summed E-state index contributed by atoms with van der Waals surface area (Å²) < 4.78 is 49.0. The quantitative estimate of drug-likeness (QED) is 0.456. The van der Waals surface area contributed by atoms with Crippen molar-refractivity contribution in [3.05, 3.63) is 75.2 Å². The van der Waals surface area contributed by atoms with Crippen LogP contribution in [0.5, 0.6) is 5.75 Å². The summed E-state index contributed by atoms with van der Waals surface area (Å²) in [6, 6.07) is 12.3. The summed E-state index contributed by atoms with van der Waals surface area (Å²) in [5.41, 5.74) is -0.118. The molecule has 1 atom stereocenters. The minimum absolute atomic E-state index is 0.00493. The van der Waals surface area contributed by atoms with Crippen molar-refractivity contribution in [2.24, 2.45) is 0 Å². The first kappa shape index (κ1) is 25.0. The maximum atomic E-state index is 13.0. The molecule has 0 aliphatic carbocycles. The van der Waals surface area contributed by atoms with Crippen LogP contribution in [0.4, 0.5) is 24.8 Å². The molecule has 0 aliphatic rings. The van der Waals surface area contributed by atoms with Gasteiger partial charge >= 0.3 is 12.1 Å². The molecule has 34 heavy (non-hydrogen) atoms.